The molecule has 0 saturated heterocycles. The van der Waals surface area contributed by atoms with Crippen LogP contribution < -0.4 is 5.32 Å². The Balaban J connectivity index is 2.82. The molecule has 1 rings (SSSR count). The lowest BCUT2D eigenvalue weighted by atomic mass is 10.2. The number of non-ortho nitro benzene ring substituents is 1. The fraction of sp³-hybridized carbons (Fsp3) is 0.632. The summed E-state index contributed by atoms with van der Waals surface area (Å²) in [6, 6.07) is 3.87. The average molecular weight is 431 g/mol. The second kappa shape index (κ2) is 9.64. The lowest BCUT2D eigenvalue weighted by Gasteiger charge is -2.28. The summed E-state index contributed by atoms with van der Waals surface area (Å²) < 4.78 is 36.3. The number of ether oxygens (including phenoxy) is 2. The van der Waals surface area contributed by atoms with Gasteiger partial charge in [0.15, 0.2) is 9.84 Å². The van der Waals surface area contributed by atoms with Gasteiger partial charge in [-0.05, 0) is 53.7 Å². The molecule has 0 aromatic heterocycles. The number of hydrogen-bond donors (Lipinski definition) is 1. The van der Waals surface area contributed by atoms with Gasteiger partial charge in [0.25, 0.3) is 5.69 Å². The molecule has 0 saturated carbocycles. The normalized spacial score (nSPS) is 12.8. The van der Waals surface area contributed by atoms with Crippen molar-refractivity contribution in [3.05, 3.63) is 34.4 Å². The van der Waals surface area contributed by atoms with E-state index in [2.05, 4.69) is 5.32 Å². The van der Waals surface area contributed by atoms with Gasteiger partial charge in [0.2, 0.25) is 5.91 Å². The SMILES string of the molecule is CC(C)(C)OCC(COC(C)(C)C)NC(=O)CS(=O)(=O)c1ccc([N+](=O)[O-])cc1. The van der Waals surface area contributed by atoms with Crippen LogP contribution in [0, 0.1) is 10.1 Å². The van der Waals surface area contributed by atoms with Crippen LogP contribution in [0.3, 0.4) is 0 Å². The smallest absolute Gasteiger partial charge is 0.269 e. The number of sulfone groups is 1. The predicted molar refractivity (Wildman–Crippen MR) is 108 cm³/mol. The number of benzene rings is 1. The molecule has 164 valence electrons. The summed E-state index contributed by atoms with van der Waals surface area (Å²) in [7, 11) is -3.95. The molecule has 10 heteroatoms. The Morgan fingerprint density at radius 3 is 1.86 bits per heavy atom. The average Bonchev–Trinajstić information content (AvgIpc) is 2.55. The van der Waals surface area contributed by atoms with E-state index in [9.17, 15) is 23.3 Å². The van der Waals surface area contributed by atoms with Gasteiger partial charge >= 0.3 is 0 Å². The summed E-state index contributed by atoms with van der Waals surface area (Å²) in [5.41, 5.74) is -1.10. The number of nitrogens with zero attached hydrogens (tertiary/aromatic N) is 1. The minimum Gasteiger partial charge on any atom is -0.374 e. The monoisotopic (exact) mass is 430 g/mol. The Morgan fingerprint density at radius 1 is 1.03 bits per heavy atom. The van der Waals surface area contributed by atoms with E-state index in [1.54, 1.807) is 0 Å². The molecule has 0 radical (unpaired) electrons. The molecule has 1 aromatic carbocycles. The Hall–Kier alpha value is -2.04. The largest absolute Gasteiger partial charge is 0.374 e. The first-order valence-corrected chi connectivity index (χ1v) is 10.8. The molecule has 0 bridgehead atoms. The van der Waals surface area contributed by atoms with E-state index in [-0.39, 0.29) is 23.8 Å². The van der Waals surface area contributed by atoms with Gasteiger partial charge in [-0.2, -0.15) is 0 Å². The quantitative estimate of drug-likeness (QED) is 0.471. The van der Waals surface area contributed by atoms with Crippen molar-refractivity contribution in [1.82, 2.24) is 5.32 Å². The highest BCUT2D eigenvalue weighted by molar-refractivity contribution is 7.92. The highest BCUT2D eigenvalue weighted by atomic mass is 32.2. The number of hydrogen-bond acceptors (Lipinski definition) is 7. The maximum atomic E-state index is 12.4. The zero-order valence-corrected chi connectivity index (χ0v) is 18.5. The second-order valence-corrected chi connectivity index (χ2v) is 10.6. The number of carbonyl (C=O) groups is 1. The first kappa shape index (κ1) is 25.0. The molecule has 0 atom stereocenters. The molecule has 0 aliphatic heterocycles. The van der Waals surface area contributed by atoms with Gasteiger partial charge in [0, 0.05) is 12.1 Å². The minimum absolute atomic E-state index is 0.156. The standard InChI is InChI=1S/C19H30N2O7S/c1-18(2,3)27-11-14(12-28-19(4,5)6)20-17(22)13-29(25,26)16-9-7-15(8-10-16)21(23)24/h7-10,14H,11-13H2,1-6H3,(H,20,22). The fourth-order valence-electron chi connectivity index (χ4n) is 2.13. The zero-order chi connectivity index (χ0) is 22.5. The Labute approximate surface area is 171 Å². The third kappa shape index (κ3) is 9.82. The summed E-state index contributed by atoms with van der Waals surface area (Å²) in [5.74, 6) is -1.49. The number of amides is 1. The first-order valence-electron chi connectivity index (χ1n) is 9.13. The van der Waals surface area contributed by atoms with Gasteiger partial charge in [0.1, 0.15) is 5.75 Å². The molecule has 0 spiro atoms. The van der Waals surface area contributed by atoms with Crippen LogP contribution >= 0.6 is 0 Å². The molecule has 1 aromatic rings. The summed E-state index contributed by atoms with van der Waals surface area (Å²) in [6.45, 7) is 11.5. The molecule has 0 heterocycles. The van der Waals surface area contributed by atoms with E-state index < -0.39 is 43.7 Å². The molecule has 1 N–H and O–H groups in total. The molecule has 0 aliphatic rings. The van der Waals surface area contributed by atoms with Gasteiger partial charge in [-0.3, -0.25) is 14.9 Å². The van der Waals surface area contributed by atoms with E-state index in [4.69, 9.17) is 9.47 Å². The van der Waals surface area contributed by atoms with Crippen LogP contribution in [-0.4, -0.2) is 55.5 Å². The Bertz CT molecular complexity index is 788. The molecule has 0 unspecified atom stereocenters. The second-order valence-electron chi connectivity index (χ2n) is 8.62. The third-order valence-electron chi connectivity index (χ3n) is 3.53. The maximum Gasteiger partial charge on any atom is 0.269 e. The van der Waals surface area contributed by atoms with Crippen LogP contribution in [0.2, 0.25) is 0 Å². The molecule has 9 nitrogen and oxygen atoms in total. The van der Waals surface area contributed by atoms with Crippen LogP contribution in [0.4, 0.5) is 5.69 Å². The van der Waals surface area contributed by atoms with Crippen molar-refractivity contribution in [3.63, 3.8) is 0 Å². The van der Waals surface area contributed by atoms with E-state index in [0.29, 0.717) is 0 Å². The number of nitro benzene ring substituents is 1. The Morgan fingerprint density at radius 2 is 1.48 bits per heavy atom. The lowest BCUT2D eigenvalue weighted by Crippen LogP contribution is -2.46. The van der Waals surface area contributed by atoms with Gasteiger partial charge in [0.05, 0.1) is 40.3 Å². The van der Waals surface area contributed by atoms with Gasteiger partial charge in [-0.25, -0.2) is 8.42 Å². The van der Waals surface area contributed by atoms with Crippen LogP contribution in [0.1, 0.15) is 41.5 Å². The van der Waals surface area contributed by atoms with Gasteiger partial charge in [-0.1, -0.05) is 0 Å². The number of carbonyl (C=O) groups excluding carboxylic acids is 1. The van der Waals surface area contributed by atoms with E-state index in [1.165, 1.54) is 0 Å². The molecule has 0 aliphatic carbocycles. The maximum absolute atomic E-state index is 12.4. The van der Waals surface area contributed by atoms with Crippen LogP contribution in [0.15, 0.2) is 29.2 Å². The van der Waals surface area contributed by atoms with Crippen molar-refractivity contribution in [3.8, 4) is 0 Å². The van der Waals surface area contributed by atoms with E-state index in [0.717, 1.165) is 24.3 Å². The van der Waals surface area contributed by atoms with Crippen molar-refractivity contribution >= 4 is 21.4 Å². The van der Waals surface area contributed by atoms with Crippen molar-refractivity contribution in [2.45, 2.75) is 63.7 Å². The van der Waals surface area contributed by atoms with E-state index >= 15 is 0 Å². The minimum atomic E-state index is -3.95. The molecule has 1 amide bonds. The summed E-state index contributed by atoms with van der Waals surface area (Å²) in [5, 5.41) is 13.3. The number of nitrogens with one attached hydrogen (secondary N) is 1. The lowest BCUT2D eigenvalue weighted by molar-refractivity contribution is -0.384. The highest BCUT2D eigenvalue weighted by Gasteiger charge is 2.25. The van der Waals surface area contributed by atoms with Crippen molar-refractivity contribution < 1.29 is 27.6 Å². The summed E-state index contributed by atoms with van der Waals surface area (Å²) >= 11 is 0. The van der Waals surface area contributed by atoms with Gasteiger partial charge < -0.3 is 14.8 Å². The molecular weight excluding hydrogens is 400 g/mol. The van der Waals surface area contributed by atoms with Crippen molar-refractivity contribution in [2.24, 2.45) is 0 Å². The molecule has 0 fully saturated rings. The summed E-state index contributed by atoms with van der Waals surface area (Å²) in [4.78, 5) is 22.3. The topological polar surface area (TPSA) is 125 Å². The van der Waals surface area contributed by atoms with Crippen molar-refractivity contribution in [1.29, 1.82) is 0 Å². The van der Waals surface area contributed by atoms with Crippen LogP contribution in [0.5, 0.6) is 0 Å². The number of rotatable bonds is 9. The van der Waals surface area contributed by atoms with Crippen LogP contribution in [-0.2, 0) is 24.1 Å². The first-order chi connectivity index (χ1) is 13.1. The zero-order valence-electron chi connectivity index (χ0n) is 17.7. The van der Waals surface area contributed by atoms with Gasteiger partial charge in [-0.15, -0.1) is 0 Å². The fourth-order valence-corrected chi connectivity index (χ4v) is 3.28. The Kier molecular flexibility index (Phi) is 8.31. The third-order valence-corrected chi connectivity index (χ3v) is 5.16. The highest BCUT2D eigenvalue weighted by Crippen LogP contribution is 2.17. The van der Waals surface area contributed by atoms with E-state index in [1.807, 2.05) is 41.5 Å². The van der Waals surface area contributed by atoms with Crippen molar-refractivity contribution in [2.75, 3.05) is 19.0 Å². The molecule has 29 heavy (non-hydrogen) atoms. The number of nitro groups is 1. The van der Waals surface area contributed by atoms with Crippen LogP contribution in [0.25, 0.3) is 0 Å². The molecular formula is C19H30N2O7S. The summed E-state index contributed by atoms with van der Waals surface area (Å²) in [6.07, 6.45) is 0. The predicted octanol–water partition coefficient (Wildman–Crippen LogP) is 2.48.